The van der Waals surface area contributed by atoms with Crippen LogP contribution in [0.4, 0.5) is 5.69 Å². The molecule has 1 unspecified atom stereocenters. The fraction of sp³-hybridized carbons (Fsp3) is 0.471. The van der Waals surface area contributed by atoms with Gasteiger partial charge in [-0.15, -0.1) is 0 Å². The molecule has 1 aliphatic rings. The van der Waals surface area contributed by atoms with Gasteiger partial charge in [0.2, 0.25) is 0 Å². The Hall–Kier alpha value is -1.81. The van der Waals surface area contributed by atoms with E-state index >= 15 is 0 Å². The summed E-state index contributed by atoms with van der Waals surface area (Å²) in [5.41, 5.74) is 5.16. The lowest BCUT2D eigenvalue weighted by Gasteiger charge is -2.35. The number of aromatic nitrogens is 2. The van der Waals surface area contributed by atoms with Crippen LogP contribution < -0.4 is 10.2 Å². The molecule has 0 spiro atoms. The quantitative estimate of drug-likeness (QED) is 0.937. The molecule has 4 nitrogen and oxygen atoms in total. The van der Waals surface area contributed by atoms with Crippen molar-refractivity contribution in [2.75, 3.05) is 18.5 Å². The SMILES string of the molecule is CCn1nc(C)cc1CN1CCC(NC)c2ccccc21. The summed E-state index contributed by atoms with van der Waals surface area (Å²) in [6.45, 7) is 7.16. The van der Waals surface area contributed by atoms with Crippen molar-refractivity contribution in [2.24, 2.45) is 0 Å². The zero-order valence-corrected chi connectivity index (χ0v) is 13.1. The van der Waals surface area contributed by atoms with Crippen LogP contribution in [-0.4, -0.2) is 23.4 Å². The number of hydrogen-bond donors (Lipinski definition) is 1. The standard InChI is InChI=1S/C17H24N4/c1-4-21-14(11-13(2)19-21)12-20-10-9-16(18-3)15-7-5-6-8-17(15)20/h5-8,11,16,18H,4,9-10,12H2,1-3H3. The third kappa shape index (κ3) is 2.68. The van der Waals surface area contributed by atoms with E-state index in [0.717, 1.165) is 31.7 Å². The molecular weight excluding hydrogens is 260 g/mol. The van der Waals surface area contributed by atoms with Crippen molar-refractivity contribution in [3.8, 4) is 0 Å². The summed E-state index contributed by atoms with van der Waals surface area (Å²) >= 11 is 0. The van der Waals surface area contributed by atoms with E-state index in [1.807, 2.05) is 7.05 Å². The van der Waals surface area contributed by atoms with Gasteiger partial charge < -0.3 is 10.2 Å². The van der Waals surface area contributed by atoms with E-state index in [9.17, 15) is 0 Å². The minimum Gasteiger partial charge on any atom is -0.365 e. The summed E-state index contributed by atoms with van der Waals surface area (Å²) in [6, 6.07) is 11.4. The highest BCUT2D eigenvalue weighted by Crippen LogP contribution is 2.34. The topological polar surface area (TPSA) is 33.1 Å². The number of aryl methyl sites for hydroxylation is 2. The average molecular weight is 284 g/mol. The lowest BCUT2D eigenvalue weighted by Crippen LogP contribution is -2.35. The van der Waals surface area contributed by atoms with Crippen LogP contribution in [0.2, 0.25) is 0 Å². The second-order valence-electron chi connectivity index (χ2n) is 5.70. The Balaban J connectivity index is 1.89. The van der Waals surface area contributed by atoms with Gasteiger partial charge in [-0.25, -0.2) is 0 Å². The van der Waals surface area contributed by atoms with Crippen LogP contribution in [0, 0.1) is 6.92 Å². The molecule has 2 aromatic rings. The number of rotatable bonds is 4. The van der Waals surface area contributed by atoms with Gasteiger partial charge in [-0.2, -0.15) is 5.10 Å². The van der Waals surface area contributed by atoms with Crippen LogP contribution in [0.5, 0.6) is 0 Å². The average Bonchev–Trinajstić information content (AvgIpc) is 2.87. The largest absolute Gasteiger partial charge is 0.365 e. The molecule has 21 heavy (non-hydrogen) atoms. The van der Waals surface area contributed by atoms with Crippen molar-refractivity contribution in [1.82, 2.24) is 15.1 Å². The smallest absolute Gasteiger partial charge is 0.0599 e. The molecule has 0 bridgehead atoms. The molecular formula is C17H24N4. The summed E-state index contributed by atoms with van der Waals surface area (Å²) in [7, 11) is 2.05. The molecule has 2 heterocycles. The number of benzene rings is 1. The van der Waals surface area contributed by atoms with Crippen molar-refractivity contribution in [3.63, 3.8) is 0 Å². The first kappa shape index (κ1) is 14.1. The van der Waals surface area contributed by atoms with Crippen LogP contribution in [0.15, 0.2) is 30.3 Å². The van der Waals surface area contributed by atoms with Crippen molar-refractivity contribution >= 4 is 5.69 Å². The molecule has 1 aromatic heterocycles. The number of para-hydroxylation sites is 1. The summed E-state index contributed by atoms with van der Waals surface area (Å²) in [5, 5.41) is 7.99. The zero-order valence-electron chi connectivity index (χ0n) is 13.1. The van der Waals surface area contributed by atoms with Crippen molar-refractivity contribution in [2.45, 2.75) is 39.4 Å². The van der Waals surface area contributed by atoms with Crippen LogP contribution in [-0.2, 0) is 13.1 Å². The van der Waals surface area contributed by atoms with Crippen LogP contribution in [0.1, 0.15) is 36.3 Å². The van der Waals surface area contributed by atoms with Gasteiger partial charge in [0.1, 0.15) is 0 Å². The van der Waals surface area contributed by atoms with E-state index in [-0.39, 0.29) is 0 Å². The molecule has 1 aliphatic heterocycles. The second kappa shape index (κ2) is 5.90. The Labute approximate surface area is 126 Å². The number of fused-ring (bicyclic) bond motifs is 1. The lowest BCUT2D eigenvalue weighted by molar-refractivity contribution is 0.508. The molecule has 0 saturated heterocycles. The van der Waals surface area contributed by atoms with Gasteiger partial charge >= 0.3 is 0 Å². The normalized spacial score (nSPS) is 17.9. The first-order valence-electron chi connectivity index (χ1n) is 7.77. The first-order valence-corrected chi connectivity index (χ1v) is 7.77. The van der Waals surface area contributed by atoms with Gasteiger partial charge in [0.15, 0.2) is 0 Å². The van der Waals surface area contributed by atoms with E-state index in [1.165, 1.54) is 16.9 Å². The fourth-order valence-corrected chi connectivity index (χ4v) is 3.29. The highest BCUT2D eigenvalue weighted by atomic mass is 15.3. The Morgan fingerprint density at radius 1 is 1.33 bits per heavy atom. The molecule has 4 heteroatoms. The highest BCUT2D eigenvalue weighted by Gasteiger charge is 2.24. The lowest BCUT2D eigenvalue weighted by atomic mass is 9.96. The number of nitrogens with zero attached hydrogens (tertiary/aromatic N) is 3. The van der Waals surface area contributed by atoms with Crippen molar-refractivity contribution < 1.29 is 0 Å². The van der Waals surface area contributed by atoms with E-state index < -0.39 is 0 Å². The molecule has 0 radical (unpaired) electrons. The maximum atomic E-state index is 4.56. The van der Waals surface area contributed by atoms with Gasteiger partial charge in [-0.05, 0) is 45.0 Å². The molecule has 0 aliphatic carbocycles. The maximum absolute atomic E-state index is 4.56. The van der Waals surface area contributed by atoms with Gasteiger partial charge in [0.25, 0.3) is 0 Å². The Morgan fingerprint density at radius 2 is 2.14 bits per heavy atom. The molecule has 112 valence electrons. The van der Waals surface area contributed by atoms with Crippen LogP contribution in [0.3, 0.4) is 0 Å². The van der Waals surface area contributed by atoms with E-state index in [4.69, 9.17) is 0 Å². The summed E-state index contributed by atoms with van der Waals surface area (Å²) in [4.78, 5) is 2.48. The van der Waals surface area contributed by atoms with E-state index in [2.05, 4.69) is 64.2 Å². The Morgan fingerprint density at radius 3 is 2.90 bits per heavy atom. The summed E-state index contributed by atoms with van der Waals surface area (Å²) < 4.78 is 2.11. The van der Waals surface area contributed by atoms with Crippen molar-refractivity contribution in [1.29, 1.82) is 0 Å². The van der Waals surface area contributed by atoms with Gasteiger partial charge in [0.05, 0.1) is 17.9 Å². The van der Waals surface area contributed by atoms with Crippen LogP contribution in [0.25, 0.3) is 0 Å². The second-order valence-corrected chi connectivity index (χ2v) is 5.70. The van der Waals surface area contributed by atoms with Gasteiger partial charge in [-0.3, -0.25) is 4.68 Å². The fourth-order valence-electron chi connectivity index (χ4n) is 3.29. The van der Waals surface area contributed by atoms with E-state index in [1.54, 1.807) is 0 Å². The predicted octanol–water partition coefficient (Wildman–Crippen LogP) is 2.88. The highest BCUT2D eigenvalue weighted by molar-refractivity contribution is 5.57. The third-order valence-corrected chi connectivity index (χ3v) is 4.33. The maximum Gasteiger partial charge on any atom is 0.0599 e. The minimum absolute atomic E-state index is 0.468. The minimum atomic E-state index is 0.468. The molecule has 0 amide bonds. The number of hydrogen-bond acceptors (Lipinski definition) is 3. The van der Waals surface area contributed by atoms with Crippen molar-refractivity contribution in [3.05, 3.63) is 47.3 Å². The van der Waals surface area contributed by atoms with Crippen LogP contribution >= 0.6 is 0 Å². The first-order chi connectivity index (χ1) is 10.2. The predicted molar refractivity (Wildman–Crippen MR) is 86.5 cm³/mol. The number of anilines is 1. The molecule has 0 saturated carbocycles. The zero-order chi connectivity index (χ0) is 14.8. The van der Waals surface area contributed by atoms with E-state index in [0.29, 0.717) is 6.04 Å². The summed E-state index contributed by atoms with van der Waals surface area (Å²) in [5.74, 6) is 0. The molecule has 0 fully saturated rings. The Bertz CT molecular complexity index is 617. The molecule has 1 N–H and O–H groups in total. The monoisotopic (exact) mass is 284 g/mol. The number of nitrogens with one attached hydrogen (secondary N) is 1. The Kier molecular flexibility index (Phi) is 3.97. The summed E-state index contributed by atoms with van der Waals surface area (Å²) in [6.07, 6.45) is 1.15. The van der Waals surface area contributed by atoms with Gasteiger partial charge in [0, 0.05) is 24.8 Å². The molecule has 3 rings (SSSR count). The third-order valence-electron chi connectivity index (χ3n) is 4.33. The molecule has 1 atom stereocenters. The molecule has 1 aromatic carbocycles. The van der Waals surface area contributed by atoms with Gasteiger partial charge in [-0.1, -0.05) is 18.2 Å².